The quantitative estimate of drug-likeness (QED) is 0.286. The molecule has 1 amide bonds. The summed E-state index contributed by atoms with van der Waals surface area (Å²) in [5.74, 6) is -2.67. The molecule has 0 N–H and O–H groups in total. The number of aryl methyl sites for hydroxylation is 1. The van der Waals surface area contributed by atoms with Crippen molar-refractivity contribution in [2.75, 3.05) is 4.90 Å². The van der Waals surface area contributed by atoms with Crippen molar-refractivity contribution in [3.05, 3.63) is 106 Å². The highest BCUT2D eigenvalue weighted by molar-refractivity contribution is 5.97. The topological polar surface area (TPSA) is 99.3 Å². The summed E-state index contributed by atoms with van der Waals surface area (Å²) in [5.41, 5.74) is 0.0521. The summed E-state index contributed by atoms with van der Waals surface area (Å²) >= 11 is 0. The number of hydrogen-bond donors (Lipinski definition) is 0. The maximum atomic E-state index is 14.2. The van der Waals surface area contributed by atoms with E-state index in [1.807, 2.05) is 30.3 Å². The molecule has 0 spiro atoms. The highest BCUT2D eigenvalue weighted by atomic mass is 19.1. The van der Waals surface area contributed by atoms with Gasteiger partial charge in [0.25, 0.3) is 0 Å². The van der Waals surface area contributed by atoms with Crippen LogP contribution in [0.25, 0.3) is 5.69 Å². The lowest BCUT2D eigenvalue weighted by Crippen LogP contribution is -2.44. The normalized spacial score (nSPS) is 11.0. The molecule has 0 fully saturated rings. The molecular weight excluding hydrogens is 484 g/mol. The third kappa shape index (κ3) is 5.15. The zero-order valence-electron chi connectivity index (χ0n) is 20.3. The number of nitrogens with zero attached hydrogens (tertiary/aromatic N) is 5. The van der Waals surface area contributed by atoms with E-state index in [-0.39, 0.29) is 17.9 Å². The summed E-state index contributed by atoms with van der Waals surface area (Å²) in [6, 6.07) is 15.5. The number of hydrogen-bond acceptors (Lipinski definition) is 6. The zero-order valence-corrected chi connectivity index (χ0v) is 20.3. The van der Waals surface area contributed by atoms with Crippen LogP contribution in [0.2, 0.25) is 0 Å². The lowest BCUT2D eigenvalue weighted by Gasteiger charge is -2.26. The van der Waals surface area contributed by atoms with Gasteiger partial charge >= 0.3 is 17.7 Å². The highest BCUT2D eigenvalue weighted by Crippen LogP contribution is 2.23. The van der Waals surface area contributed by atoms with Crippen molar-refractivity contribution >= 4 is 17.7 Å². The molecule has 0 aliphatic carbocycles. The summed E-state index contributed by atoms with van der Waals surface area (Å²) in [6.45, 7) is 5.18. The van der Waals surface area contributed by atoms with E-state index in [4.69, 9.17) is 4.74 Å². The molecule has 0 saturated carbocycles. The van der Waals surface area contributed by atoms with E-state index in [2.05, 4.69) is 10.4 Å². The lowest BCUT2D eigenvalue weighted by molar-refractivity contribution is 0.0472. The van der Waals surface area contributed by atoms with Crippen LogP contribution in [-0.4, -0.2) is 37.8 Å². The molecule has 9 nitrogen and oxygen atoms in total. The maximum absolute atomic E-state index is 14.2. The molecule has 0 aliphatic rings. The number of tetrazole rings is 1. The SMILES string of the molecule is Cc1ccc(N(C(=O)n2nnn(-c3c(F)cccc3F)c2=O)C(C)C)cc1C(=O)OCc1ccccc1. The standard InChI is InChI=1S/C26H23F2N5O4/c1-16(2)31(25(35)33-26(36)32(29-30-33)23-21(27)10-7-11-22(23)28)19-13-12-17(3)20(14-19)24(34)37-15-18-8-5-4-6-9-18/h4-14,16H,15H2,1-3H3. The first-order valence-corrected chi connectivity index (χ1v) is 11.3. The molecule has 4 aromatic rings. The van der Waals surface area contributed by atoms with Gasteiger partial charge in [0.15, 0.2) is 11.6 Å². The third-order valence-corrected chi connectivity index (χ3v) is 5.57. The smallest absolute Gasteiger partial charge is 0.377 e. The van der Waals surface area contributed by atoms with Crippen molar-refractivity contribution in [1.29, 1.82) is 0 Å². The van der Waals surface area contributed by atoms with E-state index < -0.39 is 41.1 Å². The Morgan fingerprint density at radius 3 is 2.30 bits per heavy atom. The molecule has 0 atom stereocenters. The number of para-hydroxylation sites is 1. The Morgan fingerprint density at radius 2 is 1.65 bits per heavy atom. The predicted octanol–water partition coefficient (Wildman–Crippen LogP) is 4.26. The number of benzene rings is 3. The van der Waals surface area contributed by atoms with Crippen molar-refractivity contribution in [2.45, 2.75) is 33.4 Å². The molecule has 0 radical (unpaired) electrons. The zero-order chi connectivity index (χ0) is 26.7. The van der Waals surface area contributed by atoms with Gasteiger partial charge in [0, 0.05) is 11.7 Å². The van der Waals surface area contributed by atoms with Crippen LogP contribution < -0.4 is 10.6 Å². The Labute approximate surface area is 210 Å². The van der Waals surface area contributed by atoms with Crippen LogP contribution in [0.5, 0.6) is 0 Å². The van der Waals surface area contributed by atoms with Crippen molar-refractivity contribution in [1.82, 2.24) is 19.8 Å². The summed E-state index contributed by atoms with van der Waals surface area (Å²) in [5, 5.41) is 7.03. The van der Waals surface area contributed by atoms with Crippen molar-refractivity contribution in [2.24, 2.45) is 0 Å². The molecule has 1 aromatic heterocycles. The molecule has 0 unspecified atom stereocenters. The largest absolute Gasteiger partial charge is 0.457 e. The number of esters is 1. The van der Waals surface area contributed by atoms with Gasteiger partial charge in [-0.2, -0.15) is 4.68 Å². The number of rotatable bonds is 6. The van der Waals surface area contributed by atoms with E-state index in [1.54, 1.807) is 32.9 Å². The number of anilines is 1. The van der Waals surface area contributed by atoms with Crippen LogP contribution in [0.3, 0.4) is 0 Å². The molecule has 0 aliphatic heterocycles. The molecule has 4 rings (SSSR count). The summed E-state index contributed by atoms with van der Waals surface area (Å²) in [6.07, 6.45) is 0. The first kappa shape index (κ1) is 25.4. The van der Waals surface area contributed by atoms with Crippen LogP contribution in [-0.2, 0) is 11.3 Å². The molecule has 1 heterocycles. The first-order chi connectivity index (χ1) is 17.7. The molecule has 190 valence electrons. The predicted molar refractivity (Wildman–Crippen MR) is 131 cm³/mol. The second kappa shape index (κ2) is 10.5. The van der Waals surface area contributed by atoms with E-state index in [9.17, 15) is 23.2 Å². The van der Waals surface area contributed by atoms with Crippen LogP contribution >= 0.6 is 0 Å². The van der Waals surface area contributed by atoms with Crippen molar-refractivity contribution in [3.8, 4) is 5.69 Å². The van der Waals surface area contributed by atoms with E-state index in [0.29, 0.717) is 14.9 Å². The highest BCUT2D eigenvalue weighted by Gasteiger charge is 2.28. The van der Waals surface area contributed by atoms with Gasteiger partial charge in [-0.3, -0.25) is 4.90 Å². The Kier molecular flexibility index (Phi) is 7.23. The van der Waals surface area contributed by atoms with Crippen LogP contribution in [0.1, 0.15) is 35.3 Å². The average Bonchev–Trinajstić information content (AvgIpc) is 3.24. The van der Waals surface area contributed by atoms with Gasteiger partial charge < -0.3 is 4.74 Å². The van der Waals surface area contributed by atoms with Crippen LogP contribution in [0, 0.1) is 18.6 Å². The molecule has 37 heavy (non-hydrogen) atoms. The Hall–Kier alpha value is -4.67. The van der Waals surface area contributed by atoms with Gasteiger partial charge in [-0.25, -0.2) is 23.2 Å². The number of ether oxygens (including phenoxy) is 1. The number of amides is 1. The number of aromatic nitrogens is 4. The molecule has 0 bridgehead atoms. The molecule has 11 heteroatoms. The average molecular weight is 507 g/mol. The van der Waals surface area contributed by atoms with Gasteiger partial charge in [-0.05, 0) is 66.6 Å². The fourth-order valence-electron chi connectivity index (χ4n) is 3.71. The minimum absolute atomic E-state index is 0.0707. The summed E-state index contributed by atoms with van der Waals surface area (Å²) in [4.78, 5) is 40.3. The molecular formula is C26H23F2N5O4. The van der Waals surface area contributed by atoms with Gasteiger partial charge in [0.1, 0.15) is 12.3 Å². The van der Waals surface area contributed by atoms with E-state index in [1.165, 1.54) is 11.0 Å². The van der Waals surface area contributed by atoms with Crippen LogP contribution in [0.4, 0.5) is 19.3 Å². The van der Waals surface area contributed by atoms with E-state index in [0.717, 1.165) is 23.8 Å². The Morgan fingerprint density at radius 1 is 0.973 bits per heavy atom. The fraction of sp³-hybridized carbons (Fsp3) is 0.192. The van der Waals surface area contributed by atoms with E-state index >= 15 is 0 Å². The summed E-state index contributed by atoms with van der Waals surface area (Å²) in [7, 11) is 0. The number of halogens is 2. The van der Waals surface area contributed by atoms with Crippen molar-refractivity contribution in [3.63, 3.8) is 0 Å². The summed E-state index contributed by atoms with van der Waals surface area (Å²) < 4.78 is 34.6. The maximum Gasteiger partial charge on any atom is 0.377 e. The van der Waals surface area contributed by atoms with Gasteiger partial charge in [0.05, 0.1) is 5.56 Å². The minimum Gasteiger partial charge on any atom is -0.457 e. The van der Waals surface area contributed by atoms with Gasteiger partial charge in [-0.1, -0.05) is 42.5 Å². The minimum atomic E-state index is -1.16. The fourth-order valence-corrected chi connectivity index (χ4v) is 3.71. The third-order valence-electron chi connectivity index (χ3n) is 5.57. The molecule has 0 saturated heterocycles. The number of carbonyl (C=O) groups is 2. The second-order valence-corrected chi connectivity index (χ2v) is 8.46. The monoisotopic (exact) mass is 507 g/mol. The first-order valence-electron chi connectivity index (χ1n) is 11.3. The Bertz CT molecular complexity index is 1490. The van der Waals surface area contributed by atoms with Gasteiger partial charge in [0.2, 0.25) is 0 Å². The van der Waals surface area contributed by atoms with Gasteiger partial charge in [-0.15, -0.1) is 4.68 Å². The number of carbonyl (C=O) groups excluding carboxylic acids is 2. The van der Waals surface area contributed by atoms with Crippen LogP contribution in [0.15, 0.2) is 71.5 Å². The Balaban J connectivity index is 1.65. The van der Waals surface area contributed by atoms with Crippen molar-refractivity contribution < 1.29 is 23.1 Å². The molecule has 3 aromatic carbocycles. The lowest BCUT2D eigenvalue weighted by atomic mass is 10.1. The second-order valence-electron chi connectivity index (χ2n) is 8.46.